The minimum absolute atomic E-state index is 0.0229. The zero-order valence-electron chi connectivity index (χ0n) is 17.9. The molecule has 2 N–H and O–H groups in total. The number of guanidine groups is 1. The minimum atomic E-state index is 0.0229. The standard InChI is InChI=1S/C21H36N6O/c1-5-22-21(24-16-20(28)25(3)4)23-15-18-7-9-19(10-8-18)17-27-13-11-26(6-2)12-14-27/h7-10H,5-6,11-17H2,1-4H3,(H2,22,23,24). The van der Waals surface area contributed by atoms with Gasteiger partial charge in [-0.3, -0.25) is 9.69 Å². The van der Waals surface area contributed by atoms with Crippen LogP contribution in [0.5, 0.6) is 0 Å². The van der Waals surface area contributed by atoms with Crippen molar-refractivity contribution in [2.75, 3.05) is 59.9 Å². The van der Waals surface area contributed by atoms with E-state index in [1.807, 2.05) is 6.92 Å². The van der Waals surface area contributed by atoms with Gasteiger partial charge in [-0.1, -0.05) is 31.2 Å². The summed E-state index contributed by atoms with van der Waals surface area (Å²) in [5.41, 5.74) is 2.51. The van der Waals surface area contributed by atoms with Gasteiger partial charge in [0.15, 0.2) is 5.96 Å². The van der Waals surface area contributed by atoms with Crippen molar-refractivity contribution in [1.82, 2.24) is 25.3 Å². The third kappa shape index (κ3) is 7.48. The second kappa shape index (κ2) is 11.7. The van der Waals surface area contributed by atoms with Crippen LogP contribution in [0.3, 0.4) is 0 Å². The van der Waals surface area contributed by atoms with Gasteiger partial charge in [-0.2, -0.15) is 0 Å². The fraction of sp³-hybridized carbons (Fsp3) is 0.619. The van der Waals surface area contributed by atoms with Gasteiger partial charge < -0.3 is 20.4 Å². The van der Waals surface area contributed by atoms with Crippen LogP contribution in [0.15, 0.2) is 29.3 Å². The van der Waals surface area contributed by atoms with Crippen LogP contribution in [0.25, 0.3) is 0 Å². The number of nitrogens with one attached hydrogen (secondary N) is 2. The number of rotatable bonds is 8. The number of piperazine rings is 1. The molecule has 0 aromatic heterocycles. The zero-order chi connectivity index (χ0) is 20.4. The number of likely N-dealkylation sites (N-methyl/N-ethyl adjacent to an activating group) is 2. The summed E-state index contributed by atoms with van der Waals surface area (Å²) in [6.45, 7) is 12.6. The molecular formula is C21H36N6O. The molecule has 0 radical (unpaired) electrons. The Bertz CT molecular complexity index is 620. The second-order valence-electron chi connectivity index (χ2n) is 7.36. The average molecular weight is 389 g/mol. The summed E-state index contributed by atoms with van der Waals surface area (Å²) in [6.07, 6.45) is 0. The highest BCUT2D eigenvalue weighted by Gasteiger charge is 2.15. The third-order valence-corrected chi connectivity index (χ3v) is 5.01. The fourth-order valence-electron chi connectivity index (χ4n) is 3.10. The molecule has 0 aliphatic carbocycles. The number of hydrogen-bond donors (Lipinski definition) is 2. The Hall–Kier alpha value is -2.12. The number of carbonyl (C=O) groups excluding carboxylic acids is 1. The molecule has 7 heteroatoms. The Kier molecular flexibility index (Phi) is 9.23. The lowest BCUT2D eigenvalue weighted by molar-refractivity contribution is -0.127. The Morgan fingerprint density at radius 2 is 1.61 bits per heavy atom. The van der Waals surface area contributed by atoms with E-state index in [0.29, 0.717) is 12.5 Å². The van der Waals surface area contributed by atoms with Crippen molar-refractivity contribution in [3.05, 3.63) is 35.4 Å². The van der Waals surface area contributed by atoms with Gasteiger partial charge in [0.05, 0.1) is 13.1 Å². The van der Waals surface area contributed by atoms with E-state index in [1.165, 1.54) is 18.7 Å². The summed E-state index contributed by atoms with van der Waals surface area (Å²) in [5, 5.41) is 6.26. The quantitative estimate of drug-likeness (QED) is 0.513. The molecule has 1 saturated heterocycles. The van der Waals surface area contributed by atoms with Crippen LogP contribution < -0.4 is 10.6 Å². The molecule has 1 heterocycles. The van der Waals surface area contributed by atoms with Crippen LogP contribution in [0, 0.1) is 0 Å². The van der Waals surface area contributed by atoms with Crippen LogP contribution in [-0.2, 0) is 17.9 Å². The highest BCUT2D eigenvalue weighted by atomic mass is 16.2. The summed E-state index contributed by atoms with van der Waals surface area (Å²) in [5.74, 6) is 0.685. The number of benzene rings is 1. The van der Waals surface area contributed by atoms with E-state index >= 15 is 0 Å². The molecule has 7 nitrogen and oxygen atoms in total. The summed E-state index contributed by atoms with van der Waals surface area (Å²) in [4.78, 5) is 22.9. The Labute approximate surface area is 169 Å². The molecule has 28 heavy (non-hydrogen) atoms. The summed E-state index contributed by atoms with van der Waals surface area (Å²) in [7, 11) is 3.50. The van der Waals surface area contributed by atoms with Gasteiger partial charge >= 0.3 is 0 Å². The minimum Gasteiger partial charge on any atom is -0.357 e. The molecule has 0 atom stereocenters. The van der Waals surface area contributed by atoms with E-state index < -0.39 is 0 Å². The van der Waals surface area contributed by atoms with Crippen molar-refractivity contribution < 1.29 is 4.79 Å². The first kappa shape index (κ1) is 22.2. The number of carbonyl (C=O) groups is 1. The van der Waals surface area contributed by atoms with Crippen molar-refractivity contribution in [3.63, 3.8) is 0 Å². The predicted octanol–water partition coefficient (Wildman–Crippen LogP) is 0.967. The molecule has 0 bridgehead atoms. The Morgan fingerprint density at radius 1 is 1.00 bits per heavy atom. The van der Waals surface area contributed by atoms with Crippen molar-refractivity contribution >= 4 is 11.9 Å². The lowest BCUT2D eigenvalue weighted by Crippen LogP contribution is -2.45. The average Bonchev–Trinajstić information content (AvgIpc) is 2.71. The van der Waals surface area contributed by atoms with Crippen LogP contribution in [0.1, 0.15) is 25.0 Å². The predicted molar refractivity (Wildman–Crippen MR) is 115 cm³/mol. The van der Waals surface area contributed by atoms with Gasteiger partial charge in [-0.25, -0.2) is 4.99 Å². The van der Waals surface area contributed by atoms with Gasteiger partial charge in [-0.15, -0.1) is 0 Å². The summed E-state index contributed by atoms with van der Waals surface area (Å²) < 4.78 is 0. The Balaban J connectivity index is 1.84. The molecular weight excluding hydrogens is 352 g/mol. The van der Waals surface area contributed by atoms with E-state index in [4.69, 9.17) is 0 Å². The van der Waals surface area contributed by atoms with Gasteiger partial charge in [0.2, 0.25) is 5.91 Å². The van der Waals surface area contributed by atoms with Gasteiger partial charge in [-0.05, 0) is 24.6 Å². The lowest BCUT2D eigenvalue weighted by atomic mass is 10.1. The monoisotopic (exact) mass is 388 g/mol. The molecule has 0 unspecified atom stereocenters. The second-order valence-corrected chi connectivity index (χ2v) is 7.36. The van der Waals surface area contributed by atoms with Crippen LogP contribution in [0.2, 0.25) is 0 Å². The summed E-state index contributed by atoms with van der Waals surface area (Å²) in [6, 6.07) is 8.70. The molecule has 2 rings (SSSR count). The first-order valence-electron chi connectivity index (χ1n) is 10.3. The third-order valence-electron chi connectivity index (χ3n) is 5.01. The number of nitrogens with zero attached hydrogens (tertiary/aromatic N) is 4. The van der Waals surface area contributed by atoms with Crippen LogP contribution in [0.4, 0.5) is 0 Å². The lowest BCUT2D eigenvalue weighted by Gasteiger charge is -2.34. The topological polar surface area (TPSA) is 63.2 Å². The van der Waals surface area contributed by atoms with E-state index in [-0.39, 0.29) is 12.5 Å². The molecule has 1 aliphatic heterocycles. The van der Waals surface area contributed by atoms with Gasteiger partial charge in [0, 0.05) is 53.4 Å². The SMILES string of the molecule is CCNC(=NCc1ccc(CN2CCN(CC)CC2)cc1)NCC(=O)N(C)C. The highest BCUT2D eigenvalue weighted by molar-refractivity contribution is 5.86. The van der Waals surface area contributed by atoms with E-state index in [1.54, 1.807) is 19.0 Å². The normalized spacial score (nSPS) is 16.1. The van der Waals surface area contributed by atoms with Crippen molar-refractivity contribution in [2.24, 2.45) is 4.99 Å². The fourth-order valence-corrected chi connectivity index (χ4v) is 3.10. The van der Waals surface area contributed by atoms with E-state index in [2.05, 4.69) is 56.6 Å². The highest BCUT2D eigenvalue weighted by Crippen LogP contribution is 2.11. The number of aliphatic imine (C=N–C) groups is 1. The maximum absolute atomic E-state index is 11.7. The smallest absolute Gasteiger partial charge is 0.241 e. The van der Waals surface area contributed by atoms with Crippen molar-refractivity contribution in [3.8, 4) is 0 Å². The van der Waals surface area contributed by atoms with Crippen LogP contribution >= 0.6 is 0 Å². The maximum Gasteiger partial charge on any atom is 0.241 e. The largest absolute Gasteiger partial charge is 0.357 e. The van der Waals surface area contributed by atoms with Crippen molar-refractivity contribution in [2.45, 2.75) is 26.9 Å². The molecule has 0 spiro atoms. The molecule has 1 fully saturated rings. The Morgan fingerprint density at radius 3 is 2.18 bits per heavy atom. The molecule has 1 amide bonds. The molecule has 1 aliphatic rings. The first-order chi connectivity index (χ1) is 13.5. The molecule has 1 aromatic rings. The summed E-state index contributed by atoms with van der Waals surface area (Å²) >= 11 is 0. The van der Waals surface area contributed by atoms with Crippen molar-refractivity contribution in [1.29, 1.82) is 0 Å². The van der Waals surface area contributed by atoms with Gasteiger partial charge in [0.25, 0.3) is 0 Å². The maximum atomic E-state index is 11.7. The first-order valence-corrected chi connectivity index (χ1v) is 10.3. The molecule has 156 valence electrons. The van der Waals surface area contributed by atoms with E-state index in [9.17, 15) is 4.79 Å². The molecule has 1 aromatic carbocycles. The number of amides is 1. The van der Waals surface area contributed by atoms with Gasteiger partial charge in [0.1, 0.15) is 0 Å². The van der Waals surface area contributed by atoms with E-state index in [0.717, 1.165) is 38.3 Å². The number of hydrogen-bond acceptors (Lipinski definition) is 4. The molecule has 0 saturated carbocycles. The zero-order valence-corrected chi connectivity index (χ0v) is 17.9. The van der Waals surface area contributed by atoms with Crippen LogP contribution in [-0.4, -0.2) is 86.5 Å².